The summed E-state index contributed by atoms with van der Waals surface area (Å²) in [6.45, 7) is 1.70. The number of hydrogen-bond acceptors (Lipinski definition) is 8. The molecule has 154 valence electrons. The SMILES string of the molecule is CN(C)c1ccc(N2CCN(S(=O)(=O)c3ccc4oc(=O)n(C)c4c3)CC2)nn1. The van der Waals surface area contributed by atoms with E-state index in [1.54, 1.807) is 7.05 Å². The highest BCUT2D eigenvalue weighted by Gasteiger charge is 2.29. The van der Waals surface area contributed by atoms with Gasteiger partial charge in [-0.1, -0.05) is 0 Å². The number of benzene rings is 1. The van der Waals surface area contributed by atoms with Crippen molar-refractivity contribution in [1.82, 2.24) is 19.1 Å². The van der Waals surface area contributed by atoms with Crippen LogP contribution in [0.5, 0.6) is 0 Å². The van der Waals surface area contributed by atoms with Gasteiger partial charge in [0.1, 0.15) is 0 Å². The lowest BCUT2D eigenvalue weighted by Crippen LogP contribution is -2.49. The van der Waals surface area contributed by atoms with Crippen molar-refractivity contribution in [2.75, 3.05) is 50.1 Å². The van der Waals surface area contributed by atoms with Gasteiger partial charge in [-0.25, -0.2) is 13.2 Å². The highest BCUT2D eigenvalue weighted by Crippen LogP contribution is 2.23. The topological polar surface area (TPSA) is 105 Å². The molecule has 1 fully saturated rings. The van der Waals surface area contributed by atoms with Crippen LogP contribution in [0.1, 0.15) is 0 Å². The third kappa shape index (κ3) is 3.47. The summed E-state index contributed by atoms with van der Waals surface area (Å²) in [6, 6.07) is 8.24. The van der Waals surface area contributed by atoms with Gasteiger partial charge in [-0.2, -0.15) is 4.31 Å². The minimum absolute atomic E-state index is 0.143. The molecule has 0 aliphatic carbocycles. The van der Waals surface area contributed by atoms with Crippen LogP contribution in [0.25, 0.3) is 11.1 Å². The van der Waals surface area contributed by atoms with Gasteiger partial charge in [-0.05, 0) is 30.3 Å². The van der Waals surface area contributed by atoms with Crippen LogP contribution in [-0.4, -0.2) is 67.8 Å². The lowest BCUT2D eigenvalue weighted by Gasteiger charge is -2.34. The normalized spacial score (nSPS) is 15.8. The Morgan fingerprint density at radius 2 is 1.76 bits per heavy atom. The van der Waals surface area contributed by atoms with E-state index < -0.39 is 15.8 Å². The van der Waals surface area contributed by atoms with E-state index in [1.165, 1.54) is 27.1 Å². The molecule has 1 saturated heterocycles. The summed E-state index contributed by atoms with van der Waals surface area (Å²) in [7, 11) is 1.66. The Hall–Kier alpha value is -2.92. The van der Waals surface area contributed by atoms with E-state index in [1.807, 2.05) is 36.0 Å². The van der Waals surface area contributed by atoms with Crippen molar-refractivity contribution in [3.05, 3.63) is 40.9 Å². The van der Waals surface area contributed by atoms with Gasteiger partial charge in [0, 0.05) is 47.3 Å². The Morgan fingerprint density at radius 1 is 1.03 bits per heavy atom. The molecule has 1 aliphatic rings. The van der Waals surface area contributed by atoms with Crippen molar-refractivity contribution >= 4 is 32.8 Å². The second-order valence-corrected chi connectivity index (χ2v) is 9.03. The monoisotopic (exact) mass is 418 g/mol. The van der Waals surface area contributed by atoms with E-state index in [0.717, 1.165) is 11.6 Å². The zero-order chi connectivity index (χ0) is 20.8. The quantitative estimate of drug-likeness (QED) is 0.603. The van der Waals surface area contributed by atoms with E-state index >= 15 is 0 Å². The summed E-state index contributed by atoms with van der Waals surface area (Å²) in [5.74, 6) is 0.964. The van der Waals surface area contributed by atoms with Crippen LogP contribution in [-0.2, 0) is 17.1 Å². The molecule has 29 heavy (non-hydrogen) atoms. The largest absolute Gasteiger partial charge is 0.419 e. The van der Waals surface area contributed by atoms with Gasteiger partial charge < -0.3 is 14.2 Å². The molecule has 4 rings (SSSR count). The van der Waals surface area contributed by atoms with Gasteiger partial charge >= 0.3 is 5.76 Å². The third-order valence-corrected chi connectivity index (χ3v) is 6.95. The molecular weight excluding hydrogens is 396 g/mol. The Balaban J connectivity index is 1.51. The summed E-state index contributed by atoms with van der Waals surface area (Å²) in [5.41, 5.74) is 0.812. The molecule has 11 heteroatoms. The molecule has 1 aliphatic heterocycles. The average molecular weight is 418 g/mol. The van der Waals surface area contributed by atoms with Crippen LogP contribution in [0.3, 0.4) is 0 Å². The average Bonchev–Trinajstić information content (AvgIpc) is 3.01. The van der Waals surface area contributed by atoms with Crippen molar-refractivity contribution in [3.63, 3.8) is 0 Å². The zero-order valence-electron chi connectivity index (χ0n) is 16.4. The fraction of sp³-hybridized carbons (Fsp3) is 0.389. The standard InChI is InChI=1S/C18H22N6O4S/c1-21(2)16-6-7-17(20-19-16)23-8-10-24(11-9-23)29(26,27)13-4-5-15-14(12-13)22(3)18(25)28-15/h4-7,12H,8-11H2,1-3H3. The van der Waals surface area contributed by atoms with Gasteiger partial charge in [0.15, 0.2) is 17.2 Å². The molecule has 3 heterocycles. The number of anilines is 2. The maximum Gasteiger partial charge on any atom is 0.419 e. The Kier molecular flexibility index (Phi) is 4.79. The van der Waals surface area contributed by atoms with Gasteiger partial charge in [0.05, 0.1) is 10.4 Å². The first kappa shape index (κ1) is 19.4. The van der Waals surface area contributed by atoms with E-state index in [-0.39, 0.29) is 4.90 Å². The minimum Gasteiger partial charge on any atom is -0.408 e. The van der Waals surface area contributed by atoms with Crippen LogP contribution < -0.4 is 15.6 Å². The van der Waals surface area contributed by atoms with Crippen molar-refractivity contribution in [3.8, 4) is 0 Å². The Bertz CT molecular complexity index is 1190. The molecule has 10 nitrogen and oxygen atoms in total. The smallest absolute Gasteiger partial charge is 0.408 e. The molecule has 0 bridgehead atoms. The first-order valence-corrected chi connectivity index (χ1v) is 10.6. The number of fused-ring (bicyclic) bond motifs is 1. The fourth-order valence-electron chi connectivity index (χ4n) is 3.30. The number of hydrogen-bond donors (Lipinski definition) is 0. The van der Waals surface area contributed by atoms with E-state index in [0.29, 0.717) is 37.3 Å². The minimum atomic E-state index is -3.68. The summed E-state index contributed by atoms with van der Waals surface area (Å²) >= 11 is 0. The number of sulfonamides is 1. The van der Waals surface area contributed by atoms with Crippen molar-refractivity contribution in [2.24, 2.45) is 7.05 Å². The maximum atomic E-state index is 13.1. The zero-order valence-corrected chi connectivity index (χ0v) is 17.3. The van der Waals surface area contributed by atoms with Crippen LogP contribution >= 0.6 is 0 Å². The fourth-order valence-corrected chi connectivity index (χ4v) is 4.74. The molecule has 0 spiro atoms. The van der Waals surface area contributed by atoms with Crippen LogP contribution in [0.4, 0.5) is 11.6 Å². The van der Waals surface area contributed by atoms with Crippen LogP contribution in [0.15, 0.2) is 44.4 Å². The molecule has 2 aromatic heterocycles. The summed E-state index contributed by atoms with van der Waals surface area (Å²) in [4.78, 5) is 15.7. The Labute approximate surface area is 168 Å². The van der Waals surface area contributed by atoms with Crippen LogP contribution in [0, 0.1) is 0 Å². The predicted molar refractivity (Wildman–Crippen MR) is 109 cm³/mol. The molecule has 0 radical (unpaired) electrons. The molecule has 3 aromatic rings. The number of aromatic nitrogens is 3. The highest BCUT2D eigenvalue weighted by atomic mass is 32.2. The molecule has 0 saturated carbocycles. The number of rotatable bonds is 4. The van der Waals surface area contributed by atoms with Gasteiger partial charge in [0.25, 0.3) is 0 Å². The molecule has 0 N–H and O–H groups in total. The van der Waals surface area contributed by atoms with Gasteiger partial charge in [-0.15, -0.1) is 10.2 Å². The Morgan fingerprint density at radius 3 is 2.38 bits per heavy atom. The van der Waals surface area contributed by atoms with E-state index in [4.69, 9.17) is 4.42 Å². The van der Waals surface area contributed by atoms with Crippen molar-refractivity contribution < 1.29 is 12.8 Å². The van der Waals surface area contributed by atoms with Gasteiger partial charge in [-0.3, -0.25) is 4.57 Å². The van der Waals surface area contributed by atoms with Gasteiger partial charge in [0.2, 0.25) is 10.0 Å². The predicted octanol–water partition coefficient (Wildman–Crippen LogP) is 0.498. The highest BCUT2D eigenvalue weighted by molar-refractivity contribution is 7.89. The molecular formula is C18H22N6O4S. The molecule has 0 atom stereocenters. The third-order valence-electron chi connectivity index (χ3n) is 5.06. The van der Waals surface area contributed by atoms with E-state index in [9.17, 15) is 13.2 Å². The number of oxazole rings is 1. The van der Waals surface area contributed by atoms with Crippen LogP contribution in [0.2, 0.25) is 0 Å². The van der Waals surface area contributed by atoms with Crippen molar-refractivity contribution in [1.29, 1.82) is 0 Å². The number of aryl methyl sites for hydroxylation is 1. The van der Waals surface area contributed by atoms with E-state index in [2.05, 4.69) is 10.2 Å². The second kappa shape index (κ2) is 7.16. The lowest BCUT2D eigenvalue weighted by molar-refractivity contribution is 0.383. The summed E-state index contributed by atoms with van der Waals surface area (Å²) in [6.07, 6.45) is 0. The number of piperazine rings is 1. The lowest BCUT2D eigenvalue weighted by atomic mass is 10.3. The molecule has 1 aromatic carbocycles. The second-order valence-electron chi connectivity index (χ2n) is 7.09. The van der Waals surface area contributed by atoms with Crippen molar-refractivity contribution in [2.45, 2.75) is 4.90 Å². The maximum absolute atomic E-state index is 13.1. The molecule has 0 amide bonds. The first-order chi connectivity index (χ1) is 13.8. The molecule has 0 unspecified atom stereocenters. The number of nitrogens with zero attached hydrogens (tertiary/aromatic N) is 6. The summed E-state index contributed by atoms with van der Waals surface area (Å²) in [5, 5.41) is 8.41. The summed E-state index contributed by atoms with van der Waals surface area (Å²) < 4.78 is 34.0. The first-order valence-electron chi connectivity index (χ1n) is 9.13.